The molecule has 0 saturated carbocycles. The van der Waals surface area contributed by atoms with E-state index in [1.165, 1.54) is 30.0 Å². The quantitative estimate of drug-likeness (QED) is 0.871. The Kier molecular flexibility index (Phi) is 6.17. The fourth-order valence-electron chi connectivity index (χ4n) is 1.88. The maximum Gasteiger partial charge on any atom is 0.416 e. The third-order valence-corrected chi connectivity index (χ3v) is 3.33. The summed E-state index contributed by atoms with van der Waals surface area (Å²) in [4.78, 5) is 11.9. The highest BCUT2D eigenvalue weighted by molar-refractivity contribution is 7.98. The molecule has 22 heavy (non-hydrogen) atoms. The number of nitrogens with one attached hydrogen (secondary N) is 1. The van der Waals surface area contributed by atoms with E-state index in [1.807, 2.05) is 0 Å². The van der Waals surface area contributed by atoms with E-state index in [1.54, 1.807) is 27.0 Å². The van der Waals surface area contributed by atoms with E-state index >= 15 is 0 Å². The van der Waals surface area contributed by atoms with Crippen LogP contribution in [0.5, 0.6) is 0 Å². The molecule has 1 aromatic carbocycles. The number of thioether (sulfide) groups is 1. The zero-order chi connectivity index (χ0) is 17.0. The summed E-state index contributed by atoms with van der Waals surface area (Å²) < 4.78 is 44.4. The number of halogens is 3. The van der Waals surface area contributed by atoms with Crippen LogP contribution in [0.25, 0.3) is 0 Å². The minimum Gasteiger partial charge on any atom is -0.444 e. The minimum atomic E-state index is -4.47. The lowest BCUT2D eigenvalue weighted by Crippen LogP contribution is -2.36. The Hall–Kier alpha value is -1.37. The number of ether oxygens (including phenoxy) is 1. The number of carbonyl (C=O) groups excluding carboxylic acids is 1. The van der Waals surface area contributed by atoms with Crippen LogP contribution in [-0.4, -0.2) is 23.7 Å². The van der Waals surface area contributed by atoms with Crippen molar-refractivity contribution in [1.82, 2.24) is 5.32 Å². The van der Waals surface area contributed by atoms with Gasteiger partial charge in [0.25, 0.3) is 0 Å². The van der Waals surface area contributed by atoms with Gasteiger partial charge in [0.2, 0.25) is 0 Å². The monoisotopic (exact) mass is 335 g/mol. The van der Waals surface area contributed by atoms with Crippen LogP contribution in [-0.2, 0) is 10.9 Å². The maximum absolute atomic E-state index is 13.1. The van der Waals surface area contributed by atoms with Crippen molar-refractivity contribution in [3.63, 3.8) is 0 Å². The molecule has 124 valence electrons. The molecule has 0 radical (unpaired) electrons. The summed E-state index contributed by atoms with van der Waals surface area (Å²) in [6.45, 7) is 5.08. The maximum atomic E-state index is 13.1. The molecule has 0 aromatic heterocycles. The summed E-state index contributed by atoms with van der Waals surface area (Å²) in [6.07, 6.45) is -3.44. The van der Waals surface area contributed by atoms with Crippen LogP contribution in [0.15, 0.2) is 24.3 Å². The largest absolute Gasteiger partial charge is 0.444 e. The van der Waals surface area contributed by atoms with Gasteiger partial charge in [-0.05, 0) is 38.7 Å². The number of hydrogen-bond acceptors (Lipinski definition) is 3. The molecule has 0 spiro atoms. The highest BCUT2D eigenvalue weighted by Crippen LogP contribution is 2.35. The van der Waals surface area contributed by atoms with Crippen molar-refractivity contribution < 1.29 is 22.7 Å². The second-order valence-electron chi connectivity index (χ2n) is 5.74. The SMILES string of the molecule is CSCC(NC(=O)OC(C)(C)C)c1ccccc1C(F)(F)F. The number of benzene rings is 1. The van der Waals surface area contributed by atoms with Crippen molar-refractivity contribution in [3.8, 4) is 0 Å². The van der Waals surface area contributed by atoms with E-state index < -0.39 is 29.5 Å². The normalized spacial score (nSPS) is 13.6. The fraction of sp³-hybridized carbons (Fsp3) is 0.533. The van der Waals surface area contributed by atoms with E-state index in [-0.39, 0.29) is 5.56 Å². The minimum absolute atomic E-state index is 0.0372. The second kappa shape index (κ2) is 7.26. The average Bonchev–Trinajstić information content (AvgIpc) is 2.35. The molecule has 1 amide bonds. The molecule has 0 bridgehead atoms. The third-order valence-electron chi connectivity index (χ3n) is 2.67. The van der Waals surface area contributed by atoms with Gasteiger partial charge in [-0.1, -0.05) is 18.2 Å². The Morgan fingerprint density at radius 1 is 1.27 bits per heavy atom. The van der Waals surface area contributed by atoms with Gasteiger partial charge in [0.1, 0.15) is 5.60 Å². The standard InChI is InChI=1S/C15H20F3NO2S/c1-14(2,3)21-13(20)19-12(9-22-4)10-7-5-6-8-11(10)15(16,17)18/h5-8,12H,9H2,1-4H3,(H,19,20). The molecule has 0 aliphatic carbocycles. The van der Waals surface area contributed by atoms with Crippen molar-refractivity contribution in [2.24, 2.45) is 0 Å². The molecule has 1 N–H and O–H groups in total. The van der Waals surface area contributed by atoms with Gasteiger partial charge in [0.15, 0.2) is 0 Å². The topological polar surface area (TPSA) is 38.3 Å². The van der Waals surface area contributed by atoms with E-state index in [4.69, 9.17) is 4.74 Å². The fourth-order valence-corrected chi connectivity index (χ4v) is 2.48. The van der Waals surface area contributed by atoms with Crippen molar-refractivity contribution in [2.75, 3.05) is 12.0 Å². The van der Waals surface area contributed by atoms with Crippen molar-refractivity contribution in [1.29, 1.82) is 0 Å². The highest BCUT2D eigenvalue weighted by Gasteiger charge is 2.35. The molecule has 1 unspecified atom stereocenters. The summed E-state index contributed by atoms with van der Waals surface area (Å²) in [5.74, 6) is 0.312. The van der Waals surface area contributed by atoms with Crippen molar-refractivity contribution in [2.45, 2.75) is 38.6 Å². The van der Waals surface area contributed by atoms with Crippen LogP contribution >= 0.6 is 11.8 Å². The third kappa shape index (κ3) is 5.79. The Balaban J connectivity index is 3.04. The van der Waals surface area contributed by atoms with E-state index in [0.29, 0.717) is 5.75 Å². The predicted molar refractivity (Wildman–Crippen MR) is 81.9 cm³/mol. The highest BCUT2D eigenvalue weighted by atomic mass is 32.2. The van der Waals surface area contributed by atoms with Crippen molar-refractivity contribution >= 4 is 17.9 Å². The Bertz CT molecular complexity index is 512. The average molecular weight is 335 g/mol. The van der Waals surface area contributed by atoms with Gasteiger partial charge >= 0.3 is 12.3 Å². The molecule has 3 nitrogen and oxygen atoms in total. The molecule has 0 aliphatic heterocycles. The van der Waals surface area contributed by atoms with Gasteiger partial charge in [0.05, 0.1) is 11.6 Å². The number of alkyl halides is 3. The van der Waals surface area contributed by atoms with Crippen LogP contribution in [0, 0.1) is 0 Å². The lowest BCUT2D eigenvalue weighted by Gasteiger charge is -2.25. The predicted octanol–water partition coefficient (Wildman–Crippen LogP) is 4.63. The molecular formula is C15H20F3NO2S. The Morgan fingerprint density at radius 3 is 2.36 bits per heavy atom. The summed E-state index contributed by atoms with van der Waals surface area (Å²) in [6, 6.07) is 4.47. The summed E-state index contributed by atoms with van der Waals surface area (Å²) in [7, 11) is 0. The first-order valence-corrected chi connectivity index (χ1v) is 8.08. The molecule has 7 heteroatoms. The van der Waals surface area contributed by atoms with E-state index in [9.17, 15) is 18.0 Å². The second-order valence-corrected chi connectivity index (χ2v) is 6.65. The number of rotatable bonds is 4. The molecule has 1 atom stereocenters. The van der Waals surface area contributed by atoms with Gasteiger partial charge in [-0.15, -0.1) is 0 Å². The Morgan fingerprint density at radius 2 is 1.86 bits per heavy atom. The molecule has 0 aliphatic rings. The smallest absolute Gasteiger partial charge is 0.416 e. The molecule has 0 fully saturated rings. The first-order valence-electron chi connectivity index (χ1n) is 6.69. The summed E-state index contributed by atoms with van der Waals surface area (Å²) >= 11 is 1.35. The van der Waals surface area contributed by atoms with E-state index in [0.717, 1.165) is 6.07 Å². The zero-order valence-corrected chi connectivity index (χ0v) is 13.8. The van der Waals surface area contributed by atoms with Crippen molar-refractivity contribution in [3.05, 3.63) is 35.4 Å². The van der Waals surface area contributed by atoms with Gasteiger partial charge in [-0.2, -0.15) is 24.9 Å². The van der Waals surface area contributed by atoms with Gasteiger partial charge in [-0.3, -0.25) is 0 Å². The molecule has 0 heterocycles. The number of carbonyl (C=O) groups is 1. The molecule has 0 saturated heterocycles. The van der Waals surface area contributed by atoms with Gasteiger partial charge in [-0.25, -0.2) is 4.79 Å². The molecule has 1 rings (SSSR count). The summed E-state index contributed by atoms with van der Waals surface area (Å²) in [5, 5.41) is 2.52. The van der Waals surface area contributed by atoms with Crippen LogP contribution in [0.4, 0.5) is 18.0 Å². The van der Waals surface area contributed by atoms with Gasteiger partial charge < -0.3 is 10.1 Å². The zero-order valence-electron chi connectivity index (χ0n) is 13.0. The number of amides is 1. The van der Waals surface area contributed by atoms with E-state index in [2.05, 4.69) is 5.32 Å². The summed E-state index contributed by atoms with van der Waals surface area (Å²) in [5.41, 5.74) is -1.42. The first-order chi connectivity index (χ1) is 10.0. The van der Waals surface area contributed by atoms with Crippen LogP contribution < -0.4 is 5.32 Å². The molecule has 1 aromatic rings. The van der Waals surface area contributed by atoms with Crippen LogP contribution in [0.3, 0.4) is 0 Å². The number of hydrogen-bond donors (Lipinski definition) is 1. The lowest BCUT2D eigenvalue weighted by atomic mass is 10.0. The lowest BCUT2D eigenvalue weighted by molar-refractivity contribution is -0.138. The molecular weight excluding hydrogens is 315 g/mol. The van der Waals surface area contributed by atoms with Crippen LogP contribution in [0.2, 0.25) is 0 Å². The van der Waals surface area contributed by atoms with Crippen LogP contribution in [0.1, 0.15) is 37.9 Å². The first kappa shape index (κ1) is 18.7. The Labute approximate surface area is 132 Å². The number of alkyl carbamates (subject to hydrolysis) is 1. The van der Waals surface area contributed by atoms with Gasteiger partial charge in [0, 0.05) is 5.75 Å².